The van der Waals surface area contributed by atoms with Crippen molar-refractivity contribution in [1.29, 1.82) is 0 Å². The Hall–Kier alpha value is -3.48. The highest BCUT2D eigenvalue weighted by Crippen LogP contribution is 2.42. The van der Waals surface area contributed by atoms with Crippen molar-refractivity contribution in [2.75, 3.05) is 11.0 Å². The summed E-state index contributed by atoms with van der Waals surface area (Å²) in [6.45, 7) is 18.5. The van der Waals surface area contributed by atoms with E-state index >= 15 is 0 Å². The summed E-state index contributed by atoms with van der Waals surface area (Å²) in [5.41, 5.74) is 2.53. The normalized spacial score (nSPS) is 17.2. The van der Waals surface area contributed by atoms with Crippen LogP contribution in [0.25, 0.3) is 11.1 Å². The average Bonchev–Trinajstić information content (AvgIpc) is 3.78. The van der Waals surface area contributed by atoms with Crippen molar-refractivity contribution in [1.82, 2.24) is 10.1 Å². The first-order valence-corrected chi connectivity index (χ1v) is 23.5. The Morgan fingerprint density at radius 3 is 2.37 bits per heavy atom. The zero-order valence-electron chi connectivity index (χ0n) is 31.9. The molecule has 0 radical (unpaired) electrons. The number of aromatic nitrogens is 1. The molecule has 0 saturated heterocycles. The Bertz CT molecular complexity index is 1840. The number of anilines is 1. The highest BCUT2D eigenvalue weighted by atomic mass is 32.2. The van der Waals surface area contributed by atoms with E-state index in [0.717, 1.165) is 62.8 Å². The van der Waals surface area contributed by atoms with Gasteiger partial charge in [0.2, 0.25) is 5.88 Å². The number of hydrogen-bond donors (Lipinski definition) is 0. The van der Waals surface area contributed by atoms with Crippen molar-refractivity contribution in [3.05, 3.63) is 59.3 Å². The number of nitrogens with zero attached hydrogens (tertiary/aromatic N) is 4. The van der Waals surface area contributed by atoms with Crippen molar-refractivity contribution >= 4 is 35.7 Å². The van der Waals surface area contributed by atoms with Gasteiger partial charge in [-0.25, -0.2) is 12.7 Å². The Morgan fingerprint density at radius 2 is 1.75 bits per heavy atom. The molecule has 3 aromatic rings. The second-order valence-electron chi connectivity index (χ2n) is 15.3. The van der Waals surface area contributed by atoms with Crippen LogP contribution in [0.15, 0.2) is 56.9 Å². The number of aliphatic imine (C=N–C) groups is 1. The number of amides is 1. The van der Waals surface area contributed by atoms with Crippen molar-refractivity contribution in [3.8, 4) is 16.9 Å². The smallest absolute Gasteiger partial charge is 0.269 e. The second kappa shape index (κ2) is 15.6. The van der Waals surface area contributed by atoms with Crippen LogP contribution >= 0.6 is 0 Å². The average molecular weight is 737 g/mol. The van der Waals surface area contributed by atoms with E-state index in [1.165, 1.54) is 4.31 Å². The van der Waals surface area contributed by atoms with E-state index in [4.69, 9.17) is 19.0 Å². The van der Waals surface area contributed by atoms with Gasteiger partial charge >= 0.3 is 0 Å². The number of aryl methyl sites for hydroxylation is 1. The van der Waals surface area contributed by atoms with Gasteiger partial charge in [0.25, 0.3) is 15.9 Å². The fourth-order valence-corrected chi connectivity index (χ4v) is 8.61. The van der Waals surface area contributed by atoms with Crippen molar-refractivity contribution in [3.63, 3.8) is 0 Å². The molecule has 1 spiro atoms. The number of amidine groups is 1. The molecule has 1 amide bonds. The van der Waals surface area contributed by atoms with Crippen molar-refractivity contribution in [2.24, 2.45) is 4.99 Å². The number of carbonyl (C=O) groups is 1. The van der Waals surface area contributed by atoms with Crippen LogP contribution in [0, 0.1) is 13.8 Å². The quantitative estimate of drug-likeness (QED) is 0.107. The fourth-order valence-electron chi connectivity index (χ4n) is 6.50. The zero-order chi connectivity index (χ0) is 37.1. The van der Waals surface area contributed by atoms with Crippen molar-refractivity contribution < 1.29 is 27.2 Å². The number of unbranched alkanes of at least 4 members (excludes halogenated alkanes) is 1. The molecule has 5 rings (SSSR count). The van der Waals surface area contributed by atoms with Gasteiger partial charge < -0.3 is 14.0 Å². The summed E-state index contributed by atoms with van der Waals surface area (Å²) < 4.78 is 49.2. The van der Waals surface area contributed by atoms with E-state index in [2.05, 4.69) is 31.7 Å². The number of sulfonamides is 1. The first-order chi connectivity index (χ1) is 24.1. The number of rotatable bonds is 16. The van der Waals surface area contributed by atoms with Crippen LogP contribution in [0.2, 0.25) is 19.6 Å². The molecule has 1 fully saturated rings. The SMILES string of the molecule is CCCCC1=NC2(CCCC2)C(=O)N1Cc1ccc(-c2ccccc2S(=O)(=O)N(COC(C)[Si](C)(C)C)c2onc(C)c2C)c(OC(C)CC)c1. The molecule has 1 saturated carbocycles. The van der Waals surface area contributed by atoms with Gasteiger partial charge in [0, 0.05) is 28.8 Å². The fraction of sp³-hybridized carbons (Fsp3) is 0.564. The number of ether oxygens (including phenoxy) is 2. The standard InChI is InChI=1S/C39H56N4O6SSi/c1-10-12-19-36-40-39(22-15-16-23-39)38(44)42(36)25-31-20-21-32(34(24-31)48-27(3)11-2)33-17-13-14-18-35(33)50(45,46)43(26-47-30(6)51(7,8)9)37-28(4)29(5)41-49-37/h13-14,17-18,20-21,24,27,30H,10-12,15-16,19,22-23,25-26H2,1-9H3. The van der Waals surface area contributed by atoms with Gasteiger partial charge in [0.1, 0.15) is 23.9 Å². The molecule has 2 aromatic carbocycles. The van der Waals surface area contributed by atoms with E-state index in [1.54, 1.807) is 32.0 Å². The topological polar surface area (TPSA) is 115 Å². The molecule has 1 aliphatic heterocycles. The molecule has 278 valence electrons. The lowest BCUT2D eigenvalue weighted by atomic mass is 9.97. The molecule has 2 heterocycles. The van der Waals surface area contributed by atoms with Gasteiger partial charge in [-0.15, -0.1) is 0 Å². The maximum Gasteiger partial charge on any atom is 0.269 e. The van der Waals surface area contributed by atoms with E-state index in [9.17, 15) is 13.2 Å². The van der Waals surface area contributed by atoms with E-state index < -0.39 is 23.6 Å². The minimum atomic E-state index is -4.23. The third-order valence-electron chi connectivity index (χ3n) is 10.5. The molecule has 51 heavy (non-hydrogen) atoms. The first-order valence-electron chi connectivity index (χ1n) is 18.5. The Morgan fingerprint density at radius 1 is 1.04 bits per heavy atom. The van der Waals surface area contributed by atoms with Gasteiger partial charge in [-0.1, -0.05) is 88.2 Å². The molecule has 2 atom stereocenters. The van der Waals surface area contributed by atoms with Crippen LogP contribution in [-0.2, 0) is 26.1 Å². The van der Waals surface area contributed by atoms with Gasteiger partial charge in [-0.2, -0.15) is 0 Å². The maximum absolute atomic E-state index is 14.8. The summed E-state index contributed by atoms with van der Waals surface area (Å²) in [6.07, 6.45) is 7.03. The van der Waals surface area contributed by atoms with Crippen molar-refractivity contribution in [2.45, 2.75) is 141 Å². The van der Waals surface area contributed by atoms with Crippen LogP contribution in [0.4, 0.5) is 5.88 Å². The minimum absolute atomic E-state index is 0.0938. The molecule has 2 unspecified atom stereocenters. The Labute approximate surface area is 305 Å². The highest BCUT2D eigenvalue weighted by molar-refractivity contribution is 7.93. The number of benzene rings is 2. The predicted molar refractivity (Wildman–Crippen MR) is 205 cm³/mol. The largest absolute Gasteiger partial charge is 0.490 e. The van der Waals surface area contributed by atoms with Crippen LogP contribution < -0.4 is 9.04 Å². The summed E-state index contributed by atoms with van der Waals surface area (Å²) in [4.78, 5) is 20.9. The third kappa shape index (κ3) is 8.12. The molecule has 2 aliphatic rings. The lowest BCUT2D eigenvalue weighted by Crippen LogP contribution is -2.42. The van der Waals surface area contributed by atoms with Crippen LogP contribution in [0.5, 0.6) is 5.75 Å². The lowest BCUT2D eigenvalue weighted by Gasteiger charge is -2.29. The number of hydrogen-bond acceptors (Lipinski definition) is 8. The van der Waals surface area contributed by atoms with Crippen LogP contribution in [-0.4, -0.2) is 62.4 Å². The van der Waals surface area contributed by atoms with E-state index in [1.807, 2.05) is 49.9 Å². The van der Waals surface area contributed by atoms with E-state index in [-0.39, 0.29) is 35.2 Å². The number of carbonyl (C=O) groups excluding carboxylic acids is 1. The van der Waals surface area contributed by atoms with Gasteiger partial charge in [-0.05, 0) is 71.1 Å². The molecule has 12 heteroatoms. The molecule has 1 aliphatic carbocycles. The molecule has 1 aromatic heterocycles. The summed E-state index contributed by atoms with van der Waals surface area (Å²) in [6, 6.07) is 12.8. The van der Waals surface area contributed by atoms with Crippen LogP contribution in [0.1, 0.15) is 95.9 Å². The van der Waals surface area contributed by atoms with Gasteiger partial charge in [-0.3, -0.25) is 14.7 Å². The van der Waals surface area contributed by atoms with Gasteiger partial charge in [0.15, 0.2) is 0 Å². The highest BCUT2D eigenvalue weighted by Gasteiger charge is 2.49. The molecular formula is C39H56N4O6SSi. The first kappa shape index (κ1) is 38.7. The van der Waals surface area contributed by atoms with Gasteiger partial charge in [0.05, 0.1) is 31.3 Å². The minimum Gasteiger partial charge on any atom is -0.490 e. The Kier molecular flexibility index (Phi) is 11.9. The molecular weight excluding hydrogens is 681 g/mol. The Balaban J connectivity index is 1.56. The maximum atomic E-state index is 14.8. The van der Waals surface area contributed by atoms with Crippen LogP contribution in [0.3, 0.4) is 0 Å². The molecule has 0 N–H and O–H groups in total. The third-order valence-corrected chi connectivity index (χ3v) is 14.9. The molecule has 0 bridgehead atoms. The lowest BCUT2D eigenvalue weighted by molar-refractivity contribution is -0.131. The predicted octanol–water partition coefficient (Wildman–Crippen LogP) is 8.81. The summed E-state index contributed by atoms with van der Waals surface area (Å²) >= 11 is 0. The summed E-state index contributed by atoms with van der Waals surface area (Å²) in [7, 11) is -5.98. The summed E-state index contributed by atoms with van der Waals surface area (Å²) in [5.74, 6) is 1.66. The summed E-state index contributed by atoms with van der Waals surface area (Å²) in [5, 5.41) is 4.07. The second-order valence-corrected chi connectivity index (χ2v) is 22.7. The zero-order valence-corrected chi connectivity index (χ0v) is 33.7. The monoisotopic (exact) mass is 736 g/mol. The van der Waals surface area contributed by atoms with E-state index in [0.29, 0.717) is 34.7 Å². The molecule has 10 nitrogen and oxygen atoms in total.